The molecule has 4 nitrogen and oxygen atoms in total. The Balaban J connectivity index is 1.76. The van der Waals surface area contributed by atoms with Crippen molar-refractivity contribution < 1.29 is 4.39 Å². The Hall–Kier alpha value is -1.72. The van der Waals surface area contributed by atoms with Gasteiger partial charge < -0.3 is 9.88 Å². The highest BCUT2D eigenvalue weighted by Crippen LogP contribution is 2.20. The van der Waals surface area contributed by atoms with Crippen LogP contribution in [-0.2, 0) is 6.54 Å². The predicted molar refractivity (Wildman–Crippen MR) is 80.6 cm³/mol. The normalized spacial score (nSPS) is 17.8. The quantitative estimate of drug-likeness (QED) is 0.934. The summed E-state index contributed by atoms with van der Waals surface area (Å²) < 4.78 is 15.2. The molecular formula is C16H21FN4. The molecule has 1 aromatic carbocycles. The first-order valence-electron chi connectivity index (χ1n) is 7.43. The number of halogens is 1. The van der Waals surface area contributed by atoms with E-state index in [1.165, 1.54) is 17.8 Å². The molecule has 3 rings (SSSR count). The smallest absolute Gasteiger partial charge is 0.123 e. The van der Waals surface area contributed by atoms with Gasteiger partial charge in [-0.15, -0.1) is 0 Å². The number of hydrogen-bond acceptors (Lipinski definition) is 3. The van der Waals surface area contributed by atoms with Crippen LogP contribution in [0.5, 0.6) is 0 Å². The summed E-state index contributed by atoms with van der Waals surface area (Å²) in [5.41, 5.74) is 2.30. The second-order valence-corrected chi connectivity index (χ2v) is 5.55. The van der Waals surface area contributed by atoms with Crippen molar-refractivity contribution in [2.24, 2.45) is 0 Å². The fraction of sp³-hybridized carbons (Fsp3) is 0.438. The first-order chi connectivity index (χ1) is 10.2. The summed E-state index contributed by atoms with van der Waals surface area (Å²) in [6, 6.07) is 6.87. The van der Waals surface area contributed by atoms with Gasteiger partial charge in [-0.3, -0.25) is 4.90 Å². The van der Waals surface area contributed by atoms with Crippen molar-refractivity contribution in [3.8, 4) is 0 Å². The van der Waals surface area contributed by atoms with Crippen LogP contribution >= 0.6 is 0 Å². The van der Waals surface area contributed by atoms with E-state index in [4.69, 9.17) is 0 Å². The van der Waals surface area contributed by atoms with Crippen molar-refractivity contribution in [2.75, 3.05) is 26.2 Å². The van der Waals surface area contributed by atoms with E-state index in [2.05, 4.69) is 26.7 Å². The van der Waals surface area contributed by atoms with E-state index in [9.17, 15) is 4.39 Å². The zero-order valence-corrected chi connectivity index (χ0v) is 12.3. The van der Waals surface area contributed by atoms with Crippen molar-refractivity contribution in [2.45, 2.75) is 19.5 Å². The van der Waals surface area contributed by atoms with Crippen LogP contribution in [0.1, 0.15) is 24.2 Å². The molecule has 1 unspecified atom stereocenters. The summed E-state index contributed by atoms with van der Waals surface area (Å²) in [4.78, 5) is 6.73. The Morgan fingerprint density at radius 2 is 1.95 bits per heavy atom. The van der Waals surface area contributed by atoms with Gasteiger partial charge in [-0.05, 0) is 24.6 Å². The number of benzene rings is 1. The molecule has 112 valence electrons. The van der Waals surface area contributed by atoms with E-state index >= 15 is 0 Å². The second-order valence-electron chi connectivity index (χ2n) is 5.55. The lowest BCUT2D eigenvalue weighted by molar-refractivity contribution is 0.227. The topological polar surface area (TPSA) is 33.1 Å². The van der Waals surface area contributed by atoms with Gasteiger partial charge in [-0.1, -0.05) is 12.1 Å². The maximum atomic E-state index is 13.0. The highest BCUT2D eigenvalue weighted by atomic mass is 19.1. The van der Waals surface area contributed by atoms with Crippen LogP contribution in [0.2, 0.25) is 0 Å². The Morgan fingerprint density at radius 1 is 1.24 bits per heavy atom. The van der Waals surface area contributed by atoms with Gasteiger partial charge in [-0.25, -0.2) is 9.37 Å². The van der Waals surface area contributed by atoms with Crippen molar-refractivity contribution in [3.63, 3.8) is 0 Å². The first kappa shape index (κ1) is 14.2. The molecule has 1 aromatic heterocycles. The molecule has 0 aliphatic carbocycles. The summed E-state index contributed by atoms with van der Waals surface area (Å²) in [7, 11) is 0. The van der Waals surface area contributed by atoms with Gasteiger partial charge in [0.05, 0.1) is 18.1 Å². The standard InChI is InChI=1S/C16H21FN4/c1-13(14-2-4-15(17)5-3-14)21-12-19-10-16(21)11-20-8-6-18-7-9-20/h2-5,10,12-13,18H,6-9,11H2,1H3. The molecule has 1 aliphatic rings. The van der Waals surface area contributed by atoms with E-state index in [0.29, 0.717) is 0 Å². The van der Waals surface area contributed by atoms with Gasteiger partial charge >= 0.3 is 0 Å². The van der Waals surface area contributed by atoms with Crippen LogP contribution in [0.25, 0.3) is 0 Å². The predicted octanol–water partition coefficient (Wildman–Crippen LogP) is 2.04. The van der Waals surface area contributed by atoms with Crippen LogP contribution in [0, 0.1) is 5.82 Å². The van der Waals surface area contributed by atoms with Gasteiger partial charge in [0, 0.05) is 38.9 Å². The van der Waals surface area contributed by atoms with Crippen LogP contribution < -0.4 is 5.32 Å². The molecule has 0 radical (unpaired) electrons. The molecule has 0 spiro atoms. The molecule has 1 fully saturated rings. The van der Waals surface area contributed by atoms with Crippen molar-refractivity contribution in [1.29, 1.82) is 0 Å². The zero-order valence-electron chi connectivity index (χ0n) is 12.3. The van der Waals surface area contributed by atoms with E-state index in [1.807, 2.05) is 24.7 Å². The molecule has 2 heterocycles. The minimum Gasteiger partial charge on any atom is -0.326 e. The molecule has 21 heavy (non-hydrogen) atoms. The van der Waals surface area contributed by atoms with E-state index in [1.54, 1.807) is 0 Å². The molecule has 1 atom stereocenters. The zero-order chi connectivity index (χ0) is 14.7. The minimum atomic E-state index is -0.197. The van der Waals surface area contributed by atoms with Crippen LogP contribution in [0.15, 0.2) is 36.8 Å². The van der Waals surface area contributed by atoms with Gasteiger partial charge in [-0.2, -0.15) is 0 Å². The lowest BCUT2D eigenvalue weighted by Gasteiger charge is -2.28. The molecule has 1 saturated heterocycles. The Kier molecular flexibility index (Phi) is 4.31. The fourth-order valence-corrected chi connectivity index (χ4v) is 2.80. The van der Waals surface area contributed by atoms with Gasteiger partial charge in [0.25, 0.3) is 0 Å². The highest BCUT2D eigenvalue weighted by molar-refractivity contribution is 5.21. The molecule has 0 bridgehead atoms. The number of nitrogens with zero attached hydrogens (tertiary/aromatic N) is 3. The maximum Gasteiger partial charge on any atom is 0.123 e. The molecule has 0 saturated carbocycles. The molecule has 1 aliphatic heterocycles. The number of rotatable bonds is 4. The lowest BCUT2D eigenvalue weighted by atomic mass is 10.1. The van der Waals surface area contributed by atoms with Crippen molar-refractivity contribution >= 4 is 0 Å². The third-order valence-electron chi connectivity index (χ3n) is 4.11. The monoisotopic (exact) mass is 288 g/mol. The fourth-order valence-electron chi connectivity index (χ4n) is 2.80. The van der Waals surface area contributed by atoms with Gasteiger partial charge in [0.1, 0.15) is 5.82 Å². The Bertz CT molecular complexity index is 572. The first-order valence-corrected chi connectivity index (χ1v) is 7.43. The van der Waals surface area contributed by atoms with Gasteiger partial charge in [0.15, 0.2) is 0 Å². The van der Waals surface area contributed by atoms with E-state index in [-0.39, 0.29) is 11.9 Å². The summed E-state index contributed by atoms with van der Waals surface area (Å²) >= 11 is 0. The molecule has 5 heteroatoms. The third-order valence-corrected chi connectivity index (χ3v) is 4.11. The van der Waals surface area contributed by atoms with Crippen molar-refractivity contribution in [1.82, 2.24) is 19.8 Å². The Morgan fingerprint density at radius 3 is 2.67 bits per heavy atom. The maximum absolute atomic E-state index is 13.0. The number of aromatic nitrogens is 2. The number of hydrogen-bond donors (Lipinski definition) is 1. The largest absolute Gasteiger partial charge is 0.326 e. The summed E-state index contributed by atoms with van der Waals surface area (Å²) in [5, 5.41) is 3.36. The van der Waals surface area contributed by atoms with Crippen LogP contribution in [-0.4, -0.2) is 40.6 Å². The minimum absolute atomic E-state index is 0.158. The Labute approximate surface area is 124 Å². The average molecular weight is 288 g/mol. The highest BCUT2D eigenvalue weighted by Gasteiger charge is 2.16. The van der Waals surface area contributed by atoms with Crippen LogP contribution in [0.3, 0.4) is 0 Å². The average Bonchev–Trinajstić information content (AvgIpc) is 2.96. The van der Waals surface area contributed by atoms with Crippen LogP contribution in [0.4, 0.5) is 4.39 Å². The van der Waals surface area contributed by atoms with Gasteiger partial charge in [0.2, 0.25) is 0 Å². The van der Waals surface area contributed by atoms with Crippen molar-refractivity contribution in [3.05, 3.63) is 53.9 Å². The summed E-state index contributed by atoms with van der Waals surface area (Å²) in [6.07, 6.45) is 3.80. The molecule has 1 N–H and O–H groups in total. The lowest BCUT2D eigenvalue weighted by Crippen LogP contribution is -2.43. The number of imidazole rings is 1. The summed E-state index contributed by atoms with van der Waals surface area (Å²) in [5.74, 6) is -0.197. The summed E-state index contributed by atoms with van der Waals surface area (Å²) in [6.45, 7) is 7.25. The SMILES string of the molecule is CC(c1ccc(F)cc1)n1cncc1CN1CCNCC1. The number of nitrogens with one attached hydrogen (secondary N) is 1. The van der Waals surface area contributed by atoms with E-state index in [0.717, 1.165) is 38.3 Å². The molecule has 2 aromatic rings. The third kappa shape index (κ3) is 3.31. The molecule has 0 amide bonds. The second kappa shape index (κ2) is 6.37. The number of piperazine rings is 1. The van der Waals surface area contributed by atoms with E-state index < -0.39 is 0 Å². The molecular weight excluding hydrogens is 267 g/mol.